The number of nitrogens with one attached hydrogen (secondary N) is 1. The molecule has 110 valence electrons. The molecule has 0 aliphatic carbocycles. The maximum Gasteiger partial charge on any atom is 0.297 e. The highest BCUT2D eigenvalue weighted by atomic mass is 16.4. The molecule has 0 saturated carbocycles. The number of hydrogen-bond donors (Lipinski definition) is 1. The Morgan fingerprint density at radius 1 is 1.32 bits per heavy atom. The molecule has 0 aliphatic heterocycles. The summed E-state index contributed by atoms with van der Waals surface area (Å²) in [6.45, 7) is 15.0. The van der Waals surface area contributed by atoms with Crippen molar-refractivity contribution in [3.63, 3.8) is 0 Å². The third-order valence-corrected chi connectivity index (χ3v) is 3.53. The fraction of sp³-hybridized carbons (Fsp3) is 0.800. The van der Waals surface area contributed by atoms with Crippen LogP contribution >= 0.6 is 0 Å². The van der Waals surface area contributed by atoms with Gasteiger partial charge in [-0.2, -0.15) is 4.98 Å². The van der Waals surface area contributed by atoms with E-state index in [0.717, 1.165) is 18.8 Å². The summed E-state index contributed by atoms with van der Waals surface area (Å²) in [5.74, 6) is 0.648. The zero-order valence-corrected chi connectivity index (χ0v) is 13.4. The van der Waals surface area contributed by atoms with E-state index < -0.39 is 0 Å². The quantitative estimate of drug-likeness (QED) is 0.858. The molecule has 1 aromatic rings. The van der Waals surface area contributed by atoms with E-state index in [1.54, 1.807) is 6.26 Å². The van der Waals surface area contributed by atoms with Gasteiger partial charge in [0.1, 0.15) is 6.26 Å². The molecule has 0 aliphatic rings. The molecule has 1 heterocycles. The molecule has 4 heteroatoms. The summed E-state index contributed by atoms with van der Waals surface area (Å²) < 4.78 is 5.58. The van der Waals surface area contributed by atoms with Gasteiger partial charge in [-0.15, -0.1) is 0 Å². The molecule has 4 nitrogen and oxygen atoms in total. The highest BCUT2D eigenvalue weighted by molar-refractivity contribution is 5.28. The maximum atomic E-state index is 5.58. The van der Waals surface area contributed by atoms with E-state index in [-0.39, 0.29) is 5.41 Å². The van der Waals surface area contributed by atoms with Crippen LogP contribution in [0.25, 0.3) is 0 Å². The van der Waals surface area contributed by atoms with Crippen LogP contribution in [0, 0.1) is 11.3 Å². The first-order valence-corrected chi connectivity index (χ1v) is 7.09. The molecule has 0 aromatic carbocycles. The number of hydrogen-bond acceptors (Lipinski definition) is 4. The summed E-state index contributed by atoms with van der Waals surface area (Å²) in [4.78, 5) is 6.64. The molecule has 19 heavy (non-hydrogen) atoms. The second-order valence-electron chi connectivity index (χ2n) is 6.80. The van der Waals surface area contributed by atoms with E-state index in [0.29, 0.717) is 18.0 Å². The first-order chi connectivity index (χ1) is 8.71. The van der Waals surface area contributed by atoms with Crippen molar-refractivity contribution < 1.29 is 4.42 Å². The van der Waals surface area contributed by atoms with Gasteiger partial charge in [-0.1, -0.05) is 34.6 Å². The molecule has 0 bridgehead atoms. The van der Waals surface area contributed by atoms with Crippen LogP contribution in [0.2, 0.25) is 0 Å². The van der Waals surface area contributed by atoms with Gasteiger partial charge in [-0.25, -0.2) is 0 Å². The summed E-state index contributed by atoms with van der Waals surface area (Å²) in [6, 6.07) is 1.06. The third kappa shape index (κ3) is 4.86. The second kappa shape index (κ2) is 6.42. The van der Waals surface area contributed by atoms with Gasteiger partial charge in [0.15, 0.2) is 0 Å². The third-order valence-electron chi connectivity index (χ3n) is 3.53. The van der Waals surface area contributed by atoms with Crippen LogP contribution in [0.15, 0.2) is 10.7 Å². The van der Waals surface area contributed by atoms with E-state index in [9.17, 15) is 0 Å². The predicted molar refractivity (Wildman–Crippen MR) is 80.4 cm³/mol. The van der Waals surface area contributed by atoms with Gasteiger partial charge in [0, 0.05) is 19.6 Å². The lowest BCUT2D eigenvalue weighted by Crippen LogP contribution is -2.39. The lowest BCUT2D eigenvalue weighted by molar-refractivity contribution is 0.318. The minimum absolute atomic E-state index is 0.194. The Morgan fingerprint density at radius 3 is 2.47 bits per heavy atom. The van der Waals surface area contributed by atoms with Crippen LogP contribution in [0.5, 0.6) is 0 Å². The molecule has 0 radical (unpaired) electrons. The van der Waals surface area contributed by atoms with E-state index in [1.165, 1.54) is 0 Å². The van der Waals surface area contributed by atoms with Gasteiger partial charge in [0.2, 0.25) is 0 Å². The van der Waals surface area contributed by atoms with Crippen molar-refractivity contribution in [3.05, 3.63) is 12.0 Å². The van der Waals surface area contributed by atoms with Crippen LogP contribution in [0.1, 0.15) is 47.2 Å². The van der Waals surface area contributed by atoms with Gasteiger partial charge in [0.05, 0.1) is 5.69 Å². The van der Waals surface area contributed by atoms with Crippen LogP contribution < -0.4 is 10.2 Å². The summed E-state index contributed by atoms with van der Waals surface area (Å²) in [6.07, 6.45) is 1.74. The second-order valence-corrected chi connectivity index (χ2v) is 6.80. The van der Waals surface area contributed by atoms with Crippen molar-refractivity contribution >= 4 is 6.01 Å². The van der Waals surface area contributed by atoms with Crippen LogP contribution in [0.3, 0.4) is 0 Å². The molecule has 0 fully saturated rings. The highest BCUT2D eigenvalue weighted by Crippen LogP contribution is 2.26. The van der Waals surface area contributed by atoms with E-state index in [1.807, 2.05) is 7.05 Å². The van der Waals surface area contributed by atoms with Gasteiger partial charge in [-0.3, -0.25) is 0 Å². The highest BCUT2D eigenvalue weighted by Gasteiger charge is 2.26. The summed E-state index contributed by atoms with van der Waals surface area (Å²) in [5, 5.41) is 3.37. The normalized spacial score (nSPS) is 13.9. The standard InChI is InChI=1S/C15H29N3O/c1-11(2)8-16-9-13-10-19-14(17-13)18(7)12(3)15(4,5)6/h10-12,16H,8-9H2,1-7H3. The summed E-state index contributed by atoms with van der Waals surface area (Å²) in [7, 11) is 2.03. The molecule has 1 N–H and O–H groups in total. The Kier molecular flexibility index (Phi) is 5.41. The van der Waals surface area contributed by atoms with Crippen molar-refractivity contribution in [2.75, 3.05) is 18.5 Å². The topological polar surface area (TPSA) is 41.3 Å². The Bertz CT molecular complexity index is 379. The Hall–Kier alpha value is -1.03. The lowest BCUT2D eigenvalue weighted by atomic mass is 9.87. The molecule has 0 spiro atoms. The van der Waals surface area contributed by atoms with Crippen molar-refractivity contribution in [2.45, 2.75) is 54.1 Å². The summed E-state index contributed by atoms with van der Waals surface area (Å²) >= 11 is 0. The van der Waals surface area contributed by atoms with Crippen LogP contribution in [-0.4, -0.2) is 24.6 Å². The molecule has 1 rings (SSSR count). The number of rotatable bonds is 6. The minimum atomic E-state index is 0.194. The molecular weight excluding hydrogens is 238 g/mol. The van der Waals surface area contributed by atoms with Crippen LogP contribution in [0.4, 0.5) is 6.01 Å². The van der Waals surface area contributed by atoms with E-state index in [4.69, 9.17) is 4.42 Å². The average molecular weight is 267 g/mol. The lowest BCUT2D eigenvalue weighted by Gasteiger charge is -2.34. The Morgan fingerprint density at radius 2 is 1.95 bits per heavy atom. The fourth-order valence-corrected chi connectivity index (χ4v) is 1.77. The van der Waals surface area contributed by atoms with Crippen LogP contribution in [-0.2, 0) is 6.54 Å². The smallest absolute Gasteiger partial charge is 0.297 e. The Balaban J connectivity index is 2.59. The maximum absolute atomic E-state index is 5.58. The van der Waals surface area contributed by atoms with E-state index >= 15 is 0 Å². The average Bonchev–Trinajstić information content (AvgIpc) is 2.74. The monoisotopic (exact) mass is 267 g/mol. The minimum Gasteiger partial charge on any atom is -0.432 e. The predicted octanol–water partition coefficient (Wildman–Crippen LogP) is 3.29. The molecule has 1 unspecified atom stereocenters. The van der Waals surface area contributed by atoms with Crippen molar-refractivity contribution in [3.8, 4) is 0 Å². The number of aromatic nitrogens is 1. The number of oxazole rings is 1. The first-order valence-electron chi connectivity index (χ1n) is 7.09. The van der Waals surface area contributed by atoms with Gasteiger partial charge in [0.25, 0.3) is 6.01 Å². The number of nitrogens with zero attached hydrogens (tertiary/aromatic N) is 2. The van der Waals surface area contributed by atoms with Gasteiger partial charge >= 0.3 is 0 Å². The van der Waals surface area contributed by atoms with E-state index in [2.05, 4.69) is 56.7 Å². The SMILES string of the molecule is CC(C)CNCc1coc(N(C)C(C)C(C)(C)C)n1. The van der Waals surface area contributed by atoms with Gasteiger partial charge < -0.3 is 14.6 Å². The molecule has 0 saturated heterocycles. The zero-order valence-electron chi connectivity index (χ0n) is 13.4. The molecular formula is C15H29N3O. The molecule has 1 atom stereocenters. The largest absolute Gasteiger partial charge is 0.432 e. The zero-order chi connectivity index (χ0) is 14.6. The first kappa shape index (κ1) is 16.0. The van der Waals surface area contributed by atoms with Crippen molar-refractivity contribution in [1.82, 2.24) is 10.3 Å². The molecule has 1 aromatic heterocycles. The van der Waals surface area contributed by atoms with Gasteiger partial charge in [-0.05, 0) is 24.8 Å². The fourth-order valence-electron chi connectivity index (χ4n) is 1.77. The van der Waals surface area contributed by atoms with Crippen molar-refractivity contribution in [2.24, 2.45) is 11.3 Å². The molecule has 0 amide bonds. The van der Waals surface area contributed by atoms with Crippen molar-refractivity contribution in [1.29, 1.82) is 0 Å². The summed E-state index contributed by atoms with van der Waals surface area (Å²) in [5.41, 5.74) is 1.16. The Labute approximate surface area is 117 Å². The number of anilines is 1.